The molecule has 2 aliphatic rings. The second-order valence-corrected chi connectivity index (χ2v) is 8.56. The lowest BCUT2D eigenvalue weighted by molar-refractivity contribution is -0.389. The second kappa shape index (κ2) is 10.4. The zero-order valence-corrected chi connectivity index (χ0v) is 19.8. The molecule has 2 aliphatic heterocycles. The summed E-state index contributed by atoms with van der Waals surface area (Å²) in [7, 11) is 0. The molecular formula is C21H19F3N6O9. The summed E-state index contributed by atoms with van der Waals surface area (Å²) in [6, 6.07) is 4.14. The van der Waals surface area contributed by atoms with Crippen molar-refractivity contribution in [1.29, 1.82) is 0 Å². The van der Waals surface area contributed by atoms with Crippen molar-refractivity contribution in [3.05, 3.63) is 61.9 Å². The summed E-state index contributed by atoms with van der Waals surface area (Å²) in [6.07, 6.45) is -3.65. The summed E-state index contributed by atoms with van der Waals surface area (Å²) >= 11 is 0. The van der Waals surface area contributed by atoms with Gasteiger partial charge in [-0.05, 0) is 27.5 Å². The average Bonchev–Trinajstić information content (AvgIpc) is 3.50. The molecule has 0 saturated heterocycles. The van der Waals surface area contributed by atoms with Gasteiger partial charge in [0.15, 0.2) is 0 Å². The summed E-state index contributed by atoms with van der Waals surface area (Å²) in [5.41, 5.74) is 0.598. The first-order valence-corrected chi connectivity index (χ1v) is 11.3. The molecule has 0 radical (unpaired) electrons. The van der Waals surface area contributed by atoms with Gasteiger partial charge in [0, 0.05) is 15.5 Å². The molecule has 1 aromatic carbocycles. The zero-order valence-electron chi connectivity index (χ0n) is 19.8. The fourth-order valence-electron chi connectivity index (χ4n) is 4.00. The molecule has 18 heteroatoms. The van der Waals surface area contributed by atoms with Crippen LogP contribution in [0.2, 0.25) is 0 Å². The topological polar surface area (TPSA) is 168 Å². The Morgan fingerprint density at radius 2 is 1.46 bits per heavy atom. The molecule has 5 rings (SSSR count). The van der Waals surface area contributed by atoms with Gasteiger partial charge in [-0.1, -0.05) is 6.07 Å². The van der Waals surface area contributed by atoms with Gasteiger partial charge in [0.05, 0.1) is 26.3 Å². The Morgan fingerprint density at radius 1 is 0.923 bits per heavy atom. The van der Waals surface area contributed by atoms with Gasteiger partial charge in [0.1, 0.15) is 43.6 Å². The Bertz CT molecular complexity index is 1390. The molecule has 39 heavy (non-hydrogen) atoms. The number of hydrogen-bond acceptors (Lipinski definition) is 11. The lowest BCUT2D eigenvalue weighted by Gasteiger charge is -2.24. The molecule has 4 heterocycles. The molecule has 0 aliphatic carbocycles. The number of fused-ring (bicyclic) bond motifs is 2. The maximum Gasteiger partial charge on any atom is 0.573 e. The van der Waals surface area contributed by atoms with Crippen molar-refractivity contribution < 1.29 is 46.7 Å². The smallest absolute Gasteiger partial charge is 0.443 e. The third-order valence-corrected chi connectivity index (χ3v) is 5.74. The van der Waals surface area contributed by atoms with E-state index in [4.69, 9.17) is 18.9 Å². The first-order valence-electron chi connectivity index (χ1n) is 11.3. The summed E-state index contributed by atoms with van der Waals surface area (Å²) in [4.78, 5) is 28.0. The Kier molecular flexibility index (Phi) is 6.96. The van der Waals surface area contributed by atoms with Crippen molar-refractivity contribution in [3.8, 4) is 17.8 Å². The van der Waals surface area contributed by atoms with E-state index in [9.17, 15) is 33.4 Å². The molecule has 0 spiro atoms. The quantitative estimate of drug-likeness (QED) is 0.281. The number of hydrogen-bond donors (Lipinski definition) is 0. The van der Waals surface area contributed by atoms with Crippen LogP contribution in [0.4, 0.5) is 24.8 Å². The van der Waals surface area contributed by atoms with Gasteiger partial charge in [-0.3, -0.25) is 9.13 Å². The zero-order chi connectivity index (χ0) is 27.7. The third kappa shape index (κ3) is 6.17. The Labute approximate surface area is 215 Å². The number of alkyl halides is 3. The van der Waals surface area contributed by atoms with E-state index < -0.39 is 40.0 Å². The predicted octanol–water partition coefficient (Wildman–Crippen LogP) is 2.75. The largest absolute Gasteiger partial charge is 0.573 e. The molecule has 0 bridgehead atoms. The number of aromatic nitrogens is 4. The number of benzene rings is 1. The minimum Gasteiger partial charge on any atom is -0.443 e. The van der Waals surface area contributed by atoms with Crippen LogP contribution in [0, 0.1) is 20.2 Å². The lowest BCUT2D eigenvalue weighted by Crippen LogP contribution is -2.32. The second-order valence-electron chi connectivity index (χ2n) is 8.56. The molecule has 0 fully saturated rings. The highest BCUT2D eigenvalue weighted by atomic mass is 19.4. The highest BCUT2D eigenvalue weighted by molar-refractivity contribution is 5.37. The maximum atomic E-state index is 13.0. The number of nitro groups is 2. The van der Waals surface area contributed by atoms with Crippen LogP contribution in [0.5, 0.6) is 17.8 Å². The number of imidazole rings is 2. The van der Waals surface area contributed by atoms with Crippen molar-refractivity contribution in [3.63, 3.8) is 0 Å². The van der Waals surface area contributed by atoms with E-state index >= 15 is 0 Å². The number of halogens is 3. The Hall–Kier alpha value is -4.45. The molecule has 0 amide bonds. The summed E-state index contributed by atoms with van der Waals surface area (Å²) in [5.74, 6) is -1.22. The molecule has 208 valence electrons. The first-order chi connectivity index (χ1) is 18.5. The van der Waals surface area contributed by atoms with Crippen molar-refractivity contribution in [1.82, 2.24) is 19.1 Å². The lowest BCUT2D eigenvalue weighted by atomic mass is 10.1. The van der Waals surface area contributed by atoms with Gasteiger partial charge in [-0.2, -0.15) is 0 Å². The van der Waals surface area contributed by atoms with E-state index in [0.717, 1.165) is 6.07 Å². The predicted molar refractivity (Wildman–Crippen MR) is 119 cm³/mol. The van der Waals surface area contributed by atoms with Gasteiger partial charge >= 0.3 is 30.0 Å². The SMILES string of the molecule is O=[N+]([O-])c1cn2c(n1)OC[C@H](OCc1ccc(OC(F)(F)F)c(CO[C@H]3COc4nc([N+](=O)[O-])cn4C3)c1)C2. The molecular weight excluding hydrogens is 537 g/mol. The van der Waals surface area contributed by atoms with Crippen LogP contribution in [-0.2, 0) is 35.8 Å². The monoisotopic (exact) mass is 556 g/mol. The normalized spacial score (nSPS) is 18.4. The summed E-state index contributed by atoms with van der Waals surface area (Å²) in [5, 5.41) is 21.8. The molecule has 3 aromatic rings. The number of rotatable bonds is 9. The highest BCUT2D eigenvalue weighted by Crippen LogP contribution is 2.30. The molecule has 15 nitrogen and oxygen atoms in total. The van der Waals surface area contributed by atoms with Crippen LogP contribution < -0.4 is 14.2 Å². The minimum absolute atomic E-state index is 0.00590. The minimum atomic E-state index is -4.93. The van der Waals surface area contributed by atoms with Crippen molar-refractivity contribution in [2.24, 2.45) is 0 Å². The highest BCUT2D eigenvalue weighted by Gasteiger charge is 2.33. The average molecular weight is 556 g/mol. The van der Waals surface area contributed by atoms with Gasteiger partial charge < -0.3 is 43.9 Å². The van der Waals surface area contributed by atoms with Crippen LogP contribution in [0.25, 0.3) is 0 Å². The summed E-state index contributed by atoms with van der Waals surface area (Å²) < 4.78 is 68.2. The van der Waals surface area contributed by atoms with Gasteiger partial charge in [-0.25, -0.2) is 0 Å². The molecule has 0 N–H and O–H groups in total. The van der Waals surface area contributed by atoms with Crippen molar-refractivity contribution in [2.75, 3.05) is 13.2 Å². The Balaban J connectivity index is 1.23. The van der Waals surface area contributed by atoms with Crippen LogP contribution in [0.1, 0.15) is 11.1 Å². The fourth-order valence-corrected chi connectivity index (χ4v) is 4.00. The fraction of sp³-hybridized carbons (Fsp3) is 0.429. The van der Waals surface area contributed by atoms with Gasteiger partial charge in [0.2, 0.25) is 0 Å². The molecule has 0 unspecified atom stereocenters. The van der Waals surface area contributed by atoms with E-state index in [0.29, 0.717) is 5.56 Å². The first kappa shape index (κ1) is 26.2. The van der Waals surface area contributed by atoms with Gasteiger partial charge in [0.25, 0.3) is 0 Å². The van der Waals surface area contributed by atoms with Crippen molar-refractivity contribution in [2.45, 2.75) is 44.9 Å². The number of ether oxygens (including phenoxy) is 5. The van der Waals surface area contributed by atoms with Gasteiger partial charge in [-0.15, -0.1) is 13.2 Å². The summed E-state index contributed by atoms with van der Waals surface area (Å²) in [6.45, 7) is 0.155. The standard InChI is InChI=1S/C21H19F3N6O9/c22-21(23,24)39-16-2-1-12(8-35-14-4-27-6-17(29(31)32)25-19(27)37-10-14)3-13(16)9-36-15-5-28-7-18(30(33)34)26-20(28)38-11-15/h1-3,6-7,14-15H,4-5,8-11H2/t14-,15-/m1/s1. The third-order valence-electron chi connectivity index (χ3n) is 5.74. The Morgan fingerprint density at radius 3 is 1.97 bits per heavy atom. The van der Waals surface area contributed by atoms with E-state index in [1.165, 1.54) is 33.7 Å². The maximum absolute atomic E-state index is 13.0. The van der Waals surface area contributed by atoms with E-state index in [2.05, 4.69) is 14.7 Å². The van der Waals surface area contributed by atoms with E-state index in [1.54, 1.807) is 0 Å². The van der Waals surface area contributed by atoms with Crippen LogP contribution in [0.15, 0.2) is 30.6 Å². The molecule has 2 aromatic heterocycles. The van der Waals surface area contributed by atoms with E-state index in [-0.39, 0.29) is 62.9 Å². The van der Waals surface area contributed by atoms with Crippen LogP contribution >= 0.6 is 0 Å². The van der Waals surface area contributed by atoms with Crippen molar-refractivity contribution >= 4 is 11.6 Å². The van der Waals surface area contributed by atoms with E-state index in [1.807, 2.05) is 0 Å². The molecule has 0 saturated carbocycles. The number of nitrogens with zero attached hydrogens (tertiary/aromatic N) is 6. The van der Waals surface area contributed by atoms with Crippen LogP contribution in [0.3, 0.4) is 0 Å². The molecule has 2 atom stereocenters. The van der Waals surface area contributed by atoms with Crippen LogP contribution in [-0.4, -0.2) is 60.7 Å².